The first-order chi connectivity index (χ1) is 10.5. The molecule has 1 saturated heterocycles. The van der Waals surface area contributed by atoms with Gasteiger partial charge in [-0.05, 0) is 57.6 Å². The fourth-order valence-electron chi connectivity index (χ4n) is 3.60. The molecule has 0 N–H and O–H groups in total. The van der Waals surface area contributed by atoms with Gasteiger partial charge in [-0.3, -0.25) is 0 Å². The van der Waals surface area contributed by atoms with E-state index in [2.05, 4.69) is 13.0 Å². The second-order valence-corrected chi connectivity index (χ2v) is 8.94. The van der Waals surface area contributed by atoms with Gasteiger partial charge >= 0.3 is 0 Å². The lowest BCUT2D eigenvalue weighted by molar-refractivity contribution is 0.0917. The molecule has 2 atom stereocenters. The lowest BCUT2D eigenvalue weighted by Gasteiger charge is -2.37. The van der Waals surface area contributed by atoms with Crippen LogP contribution in [-0.4, -0.2) is 25.9 Å². The Bertz CT molecular complexity index is 642. The van der Waals surface area contributed by atoms with Crippen LogP contribution in [0.2, 0.25) is 0 Å². The maximum Gasteiger partial charge on any atom is 0.184 e. The highest BCUT2D eigenvalue weighted by Gasteiger charge is 2.46. The molecule has 0 aromatic heterocycles. The van der Waals surface area contributed by atoms with Crippen LogP contribution in [0, 0.1) is 0 Å². The second-order valence-electron chi connectivity index (χ2n) is 6.59. The standard InChI is InChI=1S/C18H24O3S/c1-15-9-11-18(12-10-15,14-16-6-5-13-21-16)22(19,20)17-7-3-2-4-8-17/h2-4,7-9,16H,5-6,10-14H2,1H3/t16-,18-/m1/s1. The SMILES string of the molecule is CC1=CC[C@@](C[C@H]2CCCO2)(S(=O)(=O)c2ccccc2)CC1. The van der Waals surface area contributed by atoms with Gasteiger partial charge in [0.25, 0.3) is 0 Å². The lowest BCUT2D eigenvalue weighted by Crippen LogP contribution is -2.43. The molecule has 0 radical (unpaired) electrons. The first kappa shape index (κ1) is 15.8. The van der Waals surface area contributed by atoms with Crippen LogP contribution in [0.1, 0.15) is 45.4 Å². The molecule has 3 rings (SSSR count). The summed E-state index contributed by atoms with van der Waals surface area (Å²) in [6.07, 6.45) is 7.01. The fourth-order valence-corrected chi connectivity index (χ4v) is 5.69. The van der Waals surface area contributed by atoms with Gasteiger partial charge in [0.05, 0.1) is 15.7 Å². The molecule has 1 aromatic carbocycles. The smallest absolute Gasteiger partial charge is 0.184 e. The summed E-state index contributed by atoms with van der Waals surface area (Å²) in [7, 11) is -3.36. The largest absolute Gasteiger partial charge is 0.378 e. The summed E-state index contributed by atoms with van der Waals surface area (Å²) < 4.78 is 31.7. The number of benzene rings is 1. The van der Waals surface area contributed by atoms with E-state index in [4.69, 9.17) is 4.74 Å². The average Bonchev–Trinajstić information content (AvgIpc) is 3.03. The first-order valence-electron chi connectivity index (χ1n) is 8.10. The predicted molar refractivity (Wildman–Crippen MR) is 87.6 cm³/mol. The maximum absolute atomic E-state index is 13.3. The molecule has 0 saturated carbocycles. The molecule has 22 heavy (non-hydrogen) atoms. The molecule has 0 spiro atoms. The molecular weight excluding hydrogens is 296 g/mol. The molecular formula is C18H24O3S. The van der Waals surface area contributed by atoms with Gasteiger partial charge in [0.15, 0.2) is 9.84 Å². The number of ether oxygens (including phenoxy) is 1. The summed E-state index contributed by atoms with van der Waals surface area (Å²) in [4.78, 5) is 0.445. The third kappa shape index (κ3) is 2.86. The van der Waals surface area contributed by atoms with E-state index in [1.54, 1.807) is 24.3 Å². The summed E-state index contributed by atoms with van der Waals surface area (Å²) in [5.74, 6) is 0. The van der Waals surface area contributed by atoms with E-state index in [0.29, 0.717) is 24.2 Å². The van der Waals surface area contributed by atoms with Gasteiger partial charge < -0.3 is 4.74 Å². The average molecular weight is 320 g/mol. The fraction of sp³-hybridized carbons (Fsp3) is 0.556. The number of allylic oxidation sites excluding steroid dienone is 2. The zero-order valence-corrected chi connectivity index (χ0v) is 13.9. The molecule has 1 aliphatic heterocycles. The molecule has 0 amide bonds. The molecule has 3 nitrogen and oxygen atoms in total. The van der Waals surface area contributed by atoms with Crippen molar-refractivity contribution in [2.45, 2.75) is 61.2 Å². The van der Waals surface area contributed by atoms with E-state index in [1.165, 1.54) is 5.57 Å². The summed E-state index contributed by atoms with van der Waals surface area (Å²) in [5, 5.41) is 0. The number of hydrogen-bond donors (Lipinski definition) is 0. The Morgan fingerprint density at radius 3 is 2.64 bits per heavy atom. The Kier molecular flexibility index (Phi) is 4.42. The van der Waals surface area contributed by atoms with Gasteiger partial charge in [-0.15, -0.1) is 0 Å². The van der Waals surface area contributed by atoms with Crippen molar-refractivity contribution in [2.24, 2.45) is 0 Å². The Balaban J connectivity index is 1.98. The maximum atomic E-state index is 13.3. The molecule has 1 aliphatic carbocycles. The van der Waals surface area contributed by atoms with E-state index >= 15 is 0 Å². The number of sulfone groups is 1. The van der Waals surface area contributed by atoms with Gasteiger partial charge in [0, 0.05) is 6.61 Å². The van der Waals surface area contributed by atoms with E-state index in [0.717, 1.165) is 25.9 Å². The summed E-state index contributed by atoms with van der Waals surface area (Å²) in [5.41, 5.74) is 1.30. The Labute approximate surface area is 133 Å². The molecule has 2 aliphatic rings. The van der Waals surface area contributed by atoms with E-state index in [9.17, 15) is 8.42 Å². The first-order valence-corrected chi connectivity index (χ1v) is 9.59. The van der Waals surface area contributed by atoms with Crippen LogP contribution in [-0.2, 0) is 14.6 Å². The summed E-state index contributed by atoms with van der Waals surface area (Å²) in [6.45, 7) is 2.85. The van der Waals surface area contributed by atoms with Crippen molar-refractivity contribution < 1.29 is 13.2 Å². The van der Waals surface area contributed by atoms with Crippen LogP contribution in [0.3, 0.4) is 0 Å². The van der Waals surface area contributed by atoms with E-state index < -0.39 is 14.6 Å². The van der Waals surface area contributed by atoms with Gasteiger partial charge in [0.1, 0.15) is 0 Å². The lowest BCUT2D eigenvalue weighted by atomic mass is 9.85. The van der Waals surface area contributed by atoms with Crippen molar-refractivity contribution in [1.82, 2.24) is 0 Å². The highest BCUT2D eigenvalue weighted by Crippen LogP contribution is 2.43. The van der Waals surface area contributed by atoms with Gasteiger partial charge in [0.2, 0.25) is 0 Å². The van der Waals surface area contributed by atoms with Crippen LogP contribution in [0.25, 0.3) is 0 Å². The van der Waals surface area contributed by atoms with Crippen LogP contribution in [0.15, 0.2) is 46.9 Å². The van der Waals surface area contributed by atoms with Crippen LogP contribution in [0.5, 0.6) is 0 Å². The molecule has 0 unspecified atom stereocenters. The summed E-state index contributed by atoms with van der Waals surface area (Å²) >= 11 is 0. The monoisotopic (exact) mass is 320 g/mol. The predicted octanol–water partition coefficient (Wildman–Crippen LogP) is 3.90. The minimum atomic E-state index is -3.36. The Morgan fingerprint density at radius 2 is 2.05 bits per heavy atom. The van der Waals surface area contributed by atoms with Crippen LogP contribution >= 0.6 is 0 Å². The van der Waals surface area contributed by atoms with E-state index in [1.807, 2.05) is 6.07 Å². The van der Waals surface area contributed by atoms with Crippen molar-refractivity contribution in [3.05, 3.63) is 42.0 Å². The summed E-state index contributed by atoms with van der Waals surface area (Å²) in [6, 6.07) is 8.90. The molecule has 1 heterocycles. The topological polar surface area (TPSA) is 43.4 Å². The highest BCUT2D eigenvalue weighted by atomic mass is 32.2. The van der Waals surface area contributed by atoms with Crippen LogP contribution < -0.4 is 0 Å². The molecule has 1 fully saturated rings. The van der Waals surface area contributed by atoms with Crippen LogP contribution in [0.4, 0.5) is 0 Å². The zero-order valence-electron chi connectivity index (χ0n) is 13.1. The second kappa shape index (κ2) is 6.17. The molecule has 4 heteroatoms. The van der Waals surface area contributed by atoms with Crippen molar-refractivity contribution in [2.75, 3.05) is 6.61 Å². The third-order valence-electron chi connectivity index (χ3n) is 5.04. The van der Waals surface area contributed by atoms with Gasteiger partial charge in [-0.1, -0.05) is 29.8 Å². The van der Waals surface area contributed by atoms with E-state index in [-0.39, 0.29) is 6.10 Å². The molecule has 120 valence electrons. The highest BCUT2D eigenvalue weighted by molar-refractivity contribution is 7.92. The quantitative estimate of drug-likeness (QED) is 0.790. The Morgan fingerprint density at radius 1 is 1.27 bits per heavy atom. The number of hydrogen-bond acceptors (Lipinski definition) is 3. The Hall–Kier alpha value is -1.13. The molecule has 1 aromatic rings. The minimum Gasteiger partial charge on any atom is -0.378 e. The minimum absolute atomic E-state index is 0.0882. The normalized spacial score (nSPS) is 29.3. The van der Waals surface area contributed by atoms with Crippen molar-refractivity contribution in [3.63, 3.8) is 0 Å². The molecule has 0 bridgehead atoms. The van der Waals surface area contributed by atoms with Gasteiger partial charge in [-0.25, -0.2) is 8.42 Å². The third-order valence-corrected chi connectivity index (χ3v) is 7.62. The van der Waals surface area contributed by atoms with Crippen molar-refractivity contribution in [3.8, 4) is 0 Å². The van der Waals surface area contributed by atoms with Gasteiger partial charge in [-0.2, -0.15) is 0 Å². The van der Waals surface area contributed by atoms with Crippen molar-refractivity contribution in [1.29, 1.82) is 0 Å². The number of rotatable bonds is 4. The zero-order chi connectivity index (χ0) is 15.6. The van der Waals surface area contributed by atoms with Crippen molar-refractivity contribution >= 4 is 9.84 Å².